The summed E-state index contributed by atoms with van der Waals surface area (Å²) in [6, 6.07) is 13.6. The van der Waals surface area contributed by atoms with Crippen LogP contribution >= 0.6 is 11.6 Å². The van der Waals surface area contributed by atoms with Gasteiger partial charge in [0, 0.05) is 62.3 Å². The molecule has 0 spiro atoms. The Morgan fingerprint density at radius 2 is 1.66 bits per heavy atom. The Labute approximate surface area is 232 Å². The summed E-state index contributed by atoms with van der Waals surface area (Å²) in [4.78, 5) is 20.7. The van der Waals surface area contributed by atoms with Crippen LogP contribution in [0.2, 0.25) is 5.02 Å². The van der Waals surface area contributed by atoms with Crippen molar-refractivity contribution in [2.24, 2.45) is 17.6 Å². The van der Waals surface area contributed by atoms with Gasteiger partial charge < -0.3 is 15.5 Å². The lowest BCUT2D eigenvalue weighted by molar-refractivity contribution is -0.135. The first-order chi connectivity index (χ1) is 18.3. The van der Waals surface area contributed by atoms with Crippen LogP contribution in [0.25, 0.3) is 0 Å². The Kier molecular flexibility index (Phi) is 8.61. The van der Waals surface area contributed by atoms with Crippen LogP contribution in [0, 0.1) is 17.7 Å². The summed E-state index contributed by atoms with van der Waals surface area (Å²) < 4.78 is 15.1. The quantitative estimate of drug-likeness (QED) is 0.501. The fourth-order valence-electron chi connectivity index (χ4n) is 6.76. The number of piperazine rings is 1. The van der Waals surface area contributed by atoms with E-state index in [9.17, 15) is 4.79 Å². The maximum Gasteiger partial charge on any atom is 0.227 e. The average molecular weight is 541 g/mol. The van der Waals surface area contributed by atoms with Gasteiger partial charge in [-0.15, -0.1) is 0 Å². The minimum Gasteiger partial charge on any atom is -0.365 e. The van der Waals surface area contributed by atoms with Crippen molar-refractivity contribution in [3.8, 4) is 0 Å². The second-order valence-electron chi connectivity index (χ2n) is 11.8. The second kappa shape index (κ2) is 11.9. The van der Waals surface area contributed by atoms with Crippen LogP contribution in [0.4, 0.5) is 10.1 Å². The van der Waals surface area contributed by atoms with Gasteiger partial charge in [-0.1, -0.05) is 69.0 Å². The summed E-state index contributed by atoms with van der Waals surface area (Å²) >= 11 is 6.19. The van der Waals surface area contributed by atoms with Crippen molar-refractivity contribution in [3.63, 3.8) is 0 Å². The highest BCUT2D eigenvalue weighted by atomic mass is 35.5. The first kappa shape index (κ1) is 27.4. The van der Waals surface area contributed by atoms with Crippen LogP contribution in [0.1, 0.15) is 69.0 Å². The molecule has 7 heteroatoms. The molecule has 1 amide bonds. The third-order valence-electron chi connectivity index (χ3n) is 9.06. The standard InChI is InChI=1S/C31H42ClFN4O/c1-21(2)29(34)25-9-6-10-28(33)30(25)35-15-17-36(18-16-35)31(38)27-20-37(24-7-4-3-5-8-24)19-26(27)22-11-13-23(32)14-12-22/h6,9-14,21,24,26-27,29H,3-5,7-8,15-20,34H2,1-2H3/t26-,27+,29-/m0/s1. The smallest absolute Gasteiger partial charge is 0.227 e. The van der Waals surface area contributed by atoms with Crippen LogP contribution in [0.5, 0.6) is 0 Å². The van der Waals surface area contributed by atoms with E-state index >= 15 is 4.39 Å². The van der Waals surface area contributed by atoms with Crippen LogP contribution in [-0.4, -0.2) is 61.0 Å². The first-order valence-corrected chi connectivity index (χ1v) is 14.8. The van der Waals surface area contributed by atoms with Crippen LogP contribution < -0.4 is 10.6 Å². The molecule has 3 atom stereocenters. The Balaban J connectivity index is 1.31. The molecule has 3 fully saturated rings. The molecule has 0 unspecified atom stereocenters. The molecule has 2 N–H and O–H groups in total. The zero-order valence-corrected chi connectivity index (χ0v) is 23.5. The second-order valence-corrected chi connectivity index (χ2v) is 12.2. The van der Waals surface area contributed by atoms with Crippen LogP contribution in [-0.2, 0) is 4.79 Å². The highest BCUT2D eigenvalue weighted by Gasteiger charge is 2.43. The van der Waals surface area contributed by atoms with Crippen molar-refractivity contribution in [1.82, 2.24) is 9.80 Å². The van der Waals surface area contributed by atoms with Crippen molar-refractivity contribution in [2.75, 3.05) is 44.2 Å². The maximum absolute atomic E-state index is 15.1. The topological polar surface area (TPSA) is 52.8 Å². The number of benzene rings is 2. The van der Waals surface area contributed by atoms with Crippen LogP contribution in [0.3, 0.4) is 0 Å². The zero-order valence-electron chi connectivity index (χ0n) is 22.8. The van der Waals surface area contributed by atoms with Crippen molar-refractivity contribution in [1.29, 1.82) is 0 Å². The summed E-state index contributed by atoms with van der Waals surface area (Å²) in [6.45, 7) is 8.26. The number of hydrogen-bond acceptors (Lipinski definition) is 4. The van der Waals surface area contributed by atoms with E-state index in [1.165, 1.54) is 43.7 Å². The molecule has 3 aliphatic rings. The number of halogens is 2. The molecular weight excluding hydrogens is 499 g/mol. The SMILES string of the molecule is CC(C)[C@H](N)c1cccc(F)c1N1CCN(C(=O)[C@@H]2CN(C3CCCCC3)C[C@H]2c2ccc(Cl)cc2)CC1. The summed E-state index contributed by atoms with van der Waals surface area (Å²) in [6.07, 6.45) is 6.36. The van der Waals surface area contributed by atoms with E-state index in [1.807, 2.05) is 23.1 Å². The molecule has 206 valence electrons. The zero-order chi connectivity index (χ0) is 26.8. The molecule has 2 saturated heterocycles. The lowest BCUT2D eigenvalue weighted by atomic mass is 9.88. The van der Waals surface area contributed by atoms with E-state index in [-0.39, 0.29) is 35.5 Å². The molecule has 2 aromatic carbocycles. The van der Waals surface area contributed by atoms with E-state index < -0.39 is 0 Å². The molecule has 0 radical (unpaired) electrons. The summed E-state index contributed by atoms with van der Waals surface area (Å²) in [7, 11) is 0. The maximum atomic E-state index is 15.1. The lowest BCUT2D eigenvalue weighted by Gasteiger charge is -2.39. The van der Waals surface area contributed by atoms with Gasteiger partial charge in [-0.05, 0) is 48.1 Å². The van der Waals surface area contributed by atoms with Gasteiger partial charge in [0.25, 0.3) is 0 Å². The third kappa shape index (κ3) is 5.73. The molecule has 0 bridgehead atoms. The summed E-state index contributed by atoms with van der Waals surface area (Å²) in [5.41, 5.74) is 9.10. The predicted octanol–water partition coefficient (Wildman–Crippen LogP) is 5.83. The Morgan fingerprint density at radius 3 is 2.32 bits per heavy atom. The third-order valence-corrected chi connectivity index (χ3v) is 9.31. The fraction of sp³-hybridized carbons (Fsp3) is 0.581. The molecule has 5 nitrogen and oxygen atoms in total. The lowest BCUT2D eigenvalue weighted by Crippen LogP contribution is -2.51. The number of carbonyl (C=O) groups excluding carboxylic acids is 1. The van der Waals surface area contributed by atoms with Gasteiger partial charge in [0.2, 0.25) is 5.91 Å². The molecule has 38 heavy (non-hydrogen) atoms. The minimum absolute atomic E-state index is 0.0666. The average Bonchev–Trinajstić information content (AvgIpc) is 3.38. The fourth-order valence-corrected chi connectivity index (χ4v) is 6.88. The Morgan fingerprint density at radius 1 is 0.974 bits per heavy atom. The molecule has 5 rings (SSSR count). The first-order valence-electron chi connectivity index (χ1n) is 14.4. The van der Waals surface area contributed by atoms with Gasteiger partial charge >= 0.3 is 0 Å². The van der Waals surface area contributed by atoms with E-state index in [4.69, 9.17) is 17.3 Å². The molecule has 1 aliphatic carbocycles. The van der Waals surface area contributed by atoms with Gasteiger partial charge in [-0.25, -0.2) is 4.39 Å². The summed E-state index contributed by atoms with van der Waals surface area (Å²) in [5, 5.41) is 0.722. The number of amides is 1. The van der Waals surface area contributed by atoms with Crippen molar-refractivity contribution < 1.29 is 9.18 Å². The molecule has 2 aromatic rings. The van der Waals surface area contributed by atoms with Crippen molar-refractivity contribution >= 4 is 23.2 Å². The predicted molar refractivity (Wildman–Crippen MR) is 153 cm³/mol. The number of para-hydroxylation sites is 1. The number of carbonyl (C=O) groups is 1. The summed E-state index contributed by atoms with van der Waals surface area (Å²) in [5.74, 6) is 0.304. The van der Waals surface area contributed by atoms with E-state index in [1.54, 1.807) is 6.07 Å². The number of nitrogens with two attached hydrogens (primary N) is 1. The number of likely N-dealkylation sites (tertiary alicyclic amines) is 1. The largest absolute Gasteiger partial charge is 0.365 e. The Hall–Kier alpha value is -2.15. The highest BCUT2D eigenvalue weighted by Crippen LogP contribution is 2.39. The van der Waals surface area contributed by atoms with E-state index in [2.05, 4.69) is 35.8 Å². The normalized spacial score (nSPS) is 24.3. The van der Waals surface area contributed by atoms with Gasteiger partial charge in [-0.2, -0.15) is 0 Å². The molecular formula is C31H42ClFN4O. The minimum atomic E-state index is -0.236. The molecule has 2 aliphatic heterocycles. The molecule has 0 aromatic heterocycles. The number of nitrogens with zero attached hydrogens (tertiary/aromatic N) is 3. The monoisotopic (exact) mass is 540 g/mol. The number of hydrogen-bond donors (Lipinski definition) is 1. The number of rotatable bonds is 6. The molecule has 2 heterocycles. The van der Waals surface area contributed by atoms with E-state index in [0.717, 1.165) is 23.7 Å². The van der Waals surface area contributed by atoms with Crippen LogP contribution in [0.15, 0.2) is 42.5 Å². The van der Waals surface area contributed by atoms with Crippen molar-refractivity contribution in [2.45, 2.75) is 64.0 Å². The van der Waals surface area contributed by atoms with Crippen molar-refractivity contribution in [3.05, 3.63) is 64.4 Å². The Bertz CT molecular complexity index is 1100. The number of anilines is 1. The van der Waals surface area contributed by atoms with Gasteiger partial charge in [0.1, 0.15) is 5.82 Å². The van der Waals surface area contributed by atoms with Gasteiger partial charge in [-0.3, -0.25) is 9.69 Å². The highest BCUT2D eigenvalue weighted by molar-refractivity contribution is 6.30. The van der Waals surface area contributed by atoms with E-state index in [0.29, 0.717) is 37.9 Å². The molecule has 1 saturated carbocycles. The van der Waals surface area contributed by atoms with Gasteiger partial charge in [0.15, 0.2) is 0 Å². The van der Waals surface area contributed by atoms with Gasteiger partial charge in [0.05, 0.1) is 11.6 Å².